The molecular weight excluding hydrogens is 367 g/mol. The van der Waals surface area contributed by atoms with Gasteiger partial charge in [0.15, 0.2) is 0 Å². The summed E-state index contributed by atoms with van der Waals surface area (Å²) in [6.07, 6.45) is 0.658. The fraction of sp³-hybridized carbons (Fsp3) is 0.125. The maximum Gasteiger partial charge on any atom is 0.226 e. The van der Waals surface area contributed by atoms with Crippen LogP contribution in [0.2, 0.25) is 0 Å². The van der Waals surface area contributed by atoms with Crippen molar-refractivity contribution in [1.82, 2.24) is 4.98 Å². The van der Waals surface area contributed by atoms with Crippen LogP contribution in [0.25, 0.3) is 11.5 Å². The molecule has 0 aliphatic carbocycles. The summed E-state index contributed by atoms with van der Waals surface area (Å²) in [7, 11) is 0. The molecule has 0 atom stereocenters. The number of ether oxygens (including phenoxy) is 1. The van der Waals surface area contributed by atoms with Crippen molar-refractivity contribution in [2.75, 3.05) is 11.9 Å². The first-order valence-corrected chi connectivity index (χ1v) is 9.44. The highest BCUT2D eigenvalue weighted by atomic mass is 19.1. The summed E-state index contributed by atoms with van der Waals surface area (Å²) in [5.74, 6) is 1.93. The van der Waals surface area contributed by atoms with Gasteiger partial charge in [-0.2, -0.15) is 0 Å². The lowest BCUT2D eigenvalue weighted by Crippen LogP contribution is -2.02. The minimum atomic E-state index is -0.270. The number of hydrogen-bond acceptors (Lipinski definition) is 4. The Balaban J connectivity index is 1.32. The van der Waals surface area contributed by atoms with Crippen LogP contribution in [0.1, 0.15) is 11.5 Å². The van der Waals surface area contributed by atoms with E-state index in [0.29, 0.717) is 24.6 Å². The lowest BCUT2D eigenvalue weighted by atomic mass is 10.2. The van der Waals surface area contributed by atoms with Gasteiger partial charge in [-0.25, -0.2) is 9.37 Å². The number of aromatic nitrogens is 1. The maximum absolute atomic E-state index is 13.3. The van der Waals surface area contributed by atoms with Gasteiger partial charge in [-0.1, -0.05) is 24.3 Å². The first-order valence-electron chi connectivity index (χ1n) is 9.44. The van der Waals surface area contributed by atoms with E-state index in [4.69, 9.17) is 9.15 Å². The van der Waals surface area contributed by atoms with Crippen molar-refractivity contribution in [2.24, 2.45) is 0 Å². The molecule has 4 aromatic rings. The molecule has 0 spiro atoms. The Morgan fingerprint density at radius 1 is 0.931 bits per heavy atom. The predicted molar refractivity (Wildman–Crippen MR) is 112 cm³/mol. The third kappa shape index (κ3) is 4.82. The number of nitrogens with one attached hydrogen (secondary N) is 1. The van der Waals surface area contributed by atoms with E-state index in [2.05, 4.69) is 10.3 Å². The smallest absolute Gasteiger partial charge is 0.226 e. The fourth-order valence-electron chi connectivity index (χ4n) is 3.00. The van der Waals surface area contributed by atoms with Gasteiger partial charge in [0.05, 0.1) is 12.3 Å². The molecule has 0 saturated heterocycles. The van der Waals surface area contributed by atoms with Crippen LogP contribution in [-0.2, 0) is 6.42 Å². The second kappa shape index (κ2) is 8.61. The lowest BCUT2D eigenvalue weighted by Gasteiger charge is -2.09. The standard InChI is InChI=1S/C24H21FN2O2/c1-17-23(27-24(29-17)18-6-3-2-4-7-18)14-15-28-22-12-10-20(11-13-22)26-21-9-5-8-19(25)16-21/h2-13,16,26H,14-15H2,1H3. The van der Waals surface area contributed by atoms with Crippen LogP contribution in [0.3, 0.4) is 0 Å². The molecule has 0 radical (unpaired) electrons. The van der Waals surface area contributed by atoms with Gasteiger partial charge >= 0.3 is 0 Å². The number of rotatable bonds is 7. The molecule has 29 heavy (non-hydrogen) atoms. The van der Waals surface area contributed by atoms with Crippen molar-refractivity contribution < 1.29 is 13.5 Å². The zero-order valence-corrected chi connectivity index (χ0v) is 16.1. The van der Waals surface area contributed by atoms with Crippen molar-refractivity contribution in [1.29, 1.82) is 0 Å². The van der Waals surface area contributed by atoms with Gasteiger partial charge in [-0.05, 0) is 61.5 Å². The van der Waals surface area contributed by atoms with Crippen LogP contribution in [0, 0.1) is 12.7 Å². The van der Waals surface area contributed by atoms with Crippen LogP contribution in [-0.4, -0.2) is 11.6 Å². The minimum absolute atomic E-state index is 0.270. The summed E-state index contributed by atoms with van der Waals surface area (Å²) in [5, 5.41) is 3.16. The van der Waals surface area contributed by atoms with E-state index in [9.17, 15) is 4.39 Å². The largest absolute Gasteiger partial charge is 0.493 e. The minimum Gasteiger partial charge on any atom is -0.493 e. The summed E-state index contributed by atoms with van der Waals surface area (Å²) in [6, 6.07) is 23.8. The zero-order valence-electron chi connectivity index (χ0n) is 16.1. The van der Waals surface area contributed by atoms with Crippen LogP contribution < -0.4 is 10.1 Å². The first-order chi connectivity index (χ1) is 14.2. The number of benzene rings is 3. The molecule has 146 valence electrons. The molecule has 0 fully saturated rings. The highest BCUT2D eigenvalue weighted by Gasteiger charge is 2.11. The second-order valence-corrected chi connectivity index (χ2v) is 6.65. The monoisotopic (exact) mass is 388 g/mol. The van der Waals surface area contributed by atoms with Crippen LogP contribution in [0.4, 0.5) is 15.8 Å². The van der Waals surface area contributed by atoms with Gasteiger partial charge in [-0.15, -0.1) is 0 Å². The molecule has 4 nitrogen and oxygen atoms in total. The number of aryl methyl sites for hydroxylation is 1. The number of oxazole rings is 1. The quantitative estimate of drug-likeness (QED) is 0.412. The Kier molecular flexibility index (Phi) is 5.56. The van der Waals surface area contributed by atoms with Crippen molar-refractivity contribution in [3.05, 3.63) is 96.1 Å². The molecule has 0 bridgehead atoms. The summed E-state index contributed by atoms with van der Waals surface area (Å²) in [5.41, 5.74) is 3.43. The van der Waals surface area contributed by atoms with Gasteiger partial charge in [0.25, 0.3) is 0 Å². The molecule has 0 aliphatic rings. The zero-order chi connectivity index (χ0) is 20.1. The molecule has 5 heteroatoms. The van der Waals surface area contributed by atoms with Gasteiger partial charge in [0.1, 0.15) is 17.3 Å². The van der Waals surface area contributed by atoms with Crippen LogP contribution in [0.5, 0.6) is 5.75 Å². The van der Waals surface area contributed by atoms with Gasteiger partial charge in [0, 0.05) is 23.4 Å². The van der Waals surface area contributed by atoms with Gasteiger partial charge in [0.2, 0.25) is 5.89 Å². The average molecular weight is 388 g/mol. The number of hydrogen-bond donors (Lipinski definition) is 1. The van der Waals surface area contributed by atoms with E-state index in [0.717, 1.165) is 28.5 Å². The third-order valence-electron chi connectivity index (χ3n) is 4.49. The van der Waals surface area contributed by atoms with Crippen molar-refractivity contribution in [3.63, 3.8) is 0 Å². The van der Waals surface area contributed by atoms with Gasteiger partial charge < -0.3 is 14.5 Å². The molecule has 1 N–H and O–H groups in total. The van der Waals surface area contributed by atoms with Crippen molar-refractivity contribution >= 4 is 11.4 Å². The Labute approximate surface area is 169 Å². The van der Waals surface area contributed by atoms with Gasteiger partial charge in [-0.3, -0.25) is 0 Å². The van der Waals surface area contributed by atoms with E-state index in [1.165, 1.54) is 12.1 Å². The van der Waals surface area contributed by atoms with E-state index in [1.807, 2.05) is 67.6 Å². The molecule has 0 amide bonds. The SMILES string of the molecule is Cc1oc(-c2ccccc2)nc1CCOc1ccc(Nc2cccc(F)c2)cc1. The van der Waals surface area contributed by atoms with Crippen LogP contribution in [0.15, 0.2) is 83.3 Å². The van der Waals surface area contributed by atoms with Crippen LogP contribution >= 0.6 is 0 Å². The highest BCUT2D eigenvalue weighted by molar-refractivity contribution is 5.60. The van der Waals surface area contributed by atoms with Crippen molar-refractivity contribution in [2.45, 2.75) is 13.3 Å². The maximum atomic E-state index is 13.3. The summed E-state index contributed by atoms with van der Waals surface area (Å²) in [4.78, 5) is 4.59. The predicted octanol–water partition coefficient (Wildman–Crippen LogP) is 6.15. The molecule has 1 heterocycles. The lowest BCUT2D eigenvalue weighted by molar-refractivity contribution is 0.320. The first kappa shape index (κ1) is 18.7. The Hall–Kier alpha value is -3.60. The van der Waals surface area contributed by atoms with E-state index in [1.54, 1.807) is 6.07 Å². The second-order valence-electron chi connectivity index (χ2n) is 6.65. The van der Waals surface area contributed by atoms with E-state index < -0.39 is 0 Å². The molecule has 1 aromatic heterocycles. The topological polar surface area (TPSA) is 47.3 Å². The van der Waals surface area contributed by atoms with Crippen molar-refractivity contribution in [3.8, 4) is 17.2 Å². The average Bonchev–Trinajstić information content (AvgIpc) is 3.11. The normalized spacial score (nSPS) is 10.7. The number of anilines is 2. The summed E-state index contributed by atoms with van der Waals surface area (Å²) < 4.78 is 24.9. The summed E-state index contributed by atoms with van der Waals surface area (Å²) in [6.45, 7) is 2.42. The Morgan fingerprint density at radius 2 is 1.72 bits per heavy atom. The molecular formula is C24H21FN2O2. The van der Waals surface area contributed by atoms with E-state index >= 15 is 0 Å². The molecule has 3 aromatic carbocycles. The van der Waals surface area contributed by atoms with E-state index in [-0.39, 0.29) is 5.82 Å². The molecule has 0 unspecified atom stereocenters. The number of nitrogens with zero attached hydrogens (tertiary/aromatic N) is 1. The molecule has 0 aliphatic heterocycles. The Morgan fingerprint density at radius 3 is 2.48 bits per heavy atom. The summed E-state index contributed by atoms with van der Waals surface area (Å²) >= 11 is 0. The number of halogens is 1. The fourth-order valence-corrected chi connectivity index (χ4v) is 3.00. The Bertz CT molecular complexity index is 1080. The molecule has 0 saturated carbocycles. The third-order valence-corrected chi connectivity index (χ3v) is 4.49. The molecule has 4 rings (SSSR count). The highest BCUT2D eigenvalue weighted by Crippen LogP contribution is 2.23.